The van der Waals surface area contributed by atoms with Crippen LogP contribution in [0.4, 0.5) is 10.5 Å². The van der Waals surface area contributed by atoms with E-state index >= 15 is 0 Å². The van der Waals surface area contributed by atoms with Crippen LogP contribution in [0.15, 0.2) is 70.0 Å². The Kier molecular flexibility index (Phi) is 9.53. The van der Waals surface area contributed by atoms with Gasteiger partial charge in [0, 0.05) is 10.2 Å². The summed E-state index contributed by atoms with van der Waals surface area (Å²) in [7, 11) is 1.55. The molecule has 0 aliphatic carbocycles. The summed E-state index contributed by atoms with van der Waals surface area (Å²) in [6.45, 7) is 0.0576. The molecule has 1 fully saturated rings. The van der Waals surface area contributed by atoms with E-state index in [1.807, 2.05) is 36.4 Å². The molecule has 7 nitrogen and oxygen atoms in total. The summed E-state index contributed by atoms with van der Waals surface area (Å²) in [5, 5.41) is 2.20. The van der Waals surface area contributed by atoms with E-state index in [4.69, 9.17) is 9.47 Å². The van der Waals surface area contributed by atoms with Crippen molar-refractivity contribution in [3.8, 4) is 11.5 Å². The van der Waals surface area contributed by atoms with E-state index in [1.165, 1.54) is 0 Å². The molecule has 0 radical (unpaired) electrons. The fourth-order valence-electron chi connectivity index (χ4n) is 3.34. The van der Waals surface area contributed by atoms with Gasteiger partial charge in [0.25, 0.3) is 11.1 Å². The van der Waals surface area contributed by atoms with Gasteiger partial charge in [0.1, 0.15) is 24.7 Å². The molecule has 3 aromatic carbocycles. The number of hydrogen-bond acceptors (Lipinski definition) is 6. The zero-order chi connectivity index (χ0) is 26.5. The number of rotatable bonds is 8. The van der Waals surface area contributed by atoms with Gasteiger partial charge < -0.3 is 14.8 Å². The molecule has 0 unspecified atom stereocenters. The number of anilines is 1. The van der Waals surface area contributed by atoms with Crippen molar-refractivity contribution in [1.29, 1.82) is 0 Å². The van der Waals surface area contributed by atoms with E-state index in [1.54, 1.807) is 37.5 Å². The summed E-state index contributed by atoms with van der Waals surface area (Å²) in [6.07, 6.45) is 1.66. The number of halogens is 3. The number of hydrogen-bond donors (Lipinski definition) is 1. The second-order valence-corrected chi connectivity index (χ2v) is 12.0. The van der Waals surface area contributed by atoms with Crippen molar-refractivity contribution in [3.05, 3.63) is 88.3 Å². The number of carbonyl (C=O) groups excluding carboxylic acids is 3. The van der Waals surface area contributed by atoms with Gasteiger partial charge in [-0.2, -0.15) is 0 Å². The van der Waals surface area contributed by atoms with Crippen molar-refractivity contribution in [2.24, 2.45) is 0 Å². The van der Waals surface area contributed by atoms with Crippen LogP contribution < -0.4 is 14.8 Å². The van der Waals surface area contributed by atoms with Gasteiger partial charge in [0.05, 0.1) is 19.2 Å². The molecule has 1 aliphatic rings. The molecule has 190 valence electrons. The summed E-state index contributed by atoms with van der Waals surface area (Å²) in [5.74, 6) is 0.442. The molecule has 3 amide bonds. The Morgan fingerprint density at radius 1 is 1.05 bits per heavy atom. The van der Waals surface area contributed by atoms with Crippen molar-refractivity contribution >= 4 is 102 Å². The molecule has 0 saturated carbocycles. The maximum atomic E-state index is 12.9. The Labute approximate surface area is 253 Å². The molecular formula is C26H19BrI2N2O5S. The maximum Gasteiger partial charge on any atom is 0.294 e. The van der Waals surface area contributed by atoms with Crippen LogP contribution in [-0.4, -0.2) is 35.6 Å². The van der Waals surface area contributed by atoms with Crippen molar-refractivity contribution in [1.82, 2.24) is 4.90 Å². The van der Waals surface area contributed by atoms with Crippen molar-refractivity contribution in [2.75, 3.05) is 19.0 Å². The van der Waals surface area contributed by atoms with Crippen LogP contribution in [0.3, 0.4) is 0 Å². The third-order valence-electron chi connectivity index (χ3n) is 5.16. The minimum absolute atomic E-state index is 0.261. The molecule has 0 aromatic heterocycles. The van der Waals surface area contributed by atoms with Gasteiger partial charge >= 0.3 is 0 Å². The Morgan fingerprint density at radius 2 is 1.70 bits per heavy atom. The third-order valence-corrected chi connectivity index (χ3v) is 8.20. The predicted octanol–water partition coefficient (Wildman–Crippen LogP) is 6.92. The van der Waals surface area contributed by atoms with E-state index in [9.17, 15) is 14.4 Å². The van der Waals surface area contributed by atoms with E-state index in [2.05, 4.69) is 66.4 Å². The lowest BCUT2D eigenvalue weighted by atomic mass is 10.2. The summed E-state index contributed by atoms with van der Waals surface area (Å²) in [5.41, 5.74) is 2.35. The highest BCUT2D eigenvalue weighted by molar-refractivity contribution is 14.1. The highest BCUT2D eigenvalue weighted by atomic mass is 127. The summed E-state index contributed by atoms with van der Waals surface area (Å²) in [4.78, 5) is 39.0. The number of thioether (sulfide) groups is 1. The van der Waals surface area contributed by atoms with Gasteiger partial charge in [-0.05, 0) is 123 Å². The van der Waals surface area contributed by atoms with Gasteiger partial charge in [0.2, 0.25) is 5.91 Å². The first-order chi connectivity index (χ1) is 17.7. The lowest BCUT2D eigenvalue weighted by Gasteiger charge is -2.13. The van der Waals surface area contributed by atoms with Crippen LogP contribution in [0, 0.1) is 7.14 Å². The number of amides is 3. The highest BCUT2D eigenvalue weighted by Gasteiger charge is 2.36. The summed E-state index contributed by atoms with van der Waals surface area (Å²) >= 11 is 8.63. The maximum absolute atomic E-state index is 12.9. The molecule has 1 saturated heterocycles. The average molecular weight is 805 g/mol. The van der Waals surface area contributed by atoms with Crippen LogP contribution in [0.1, 0.15) is 11.1 Å². The first kappa shape index (κ1) is 27.9. The molecule has 0 bridgehead atoms. The average Bonchev–Trinajstić information content (AvgIpc) is 3.12. The minimum Gasteiger partial charge on any atom is -0.497 e. The molecule has 4 rings (SSSR count). The van der Waals surface area contributed by atoms with Crippen molar-refractivity contribution < 1.29 is 23.9 Å². The van der Waals surface area contributed by atoms with Gasteiger partial charge in [-0.1, -0.05) is 28.1 Å². The van der Waals surface area contributed by atoms with E-state index < -0.39 is 17.1 Å². The Hall–Kier alpha value is -2.10. The predicted molar refractivity (Wildman–Crippen MR) is 165 cm³/mol. The van der Waals surface area contributed by atoms with Gasteiger partial charge in [-0.25, -0.2) is 0 Å². The van der Waals surface area contributed by atoms with Crippen molar-refractivity contribution in [3.63, 3.8) is 0 Å². The summed E-state index contributed by atoms with van der Waals surface area (Å²) < 4.78 is 13.9. The molecule has 11 heteroatoms. The van der Waals surface area contributed by atoms with E-state index in [-0.39, 0.29) is 11.4 Å². The zero-order valence-corrected chi connectivity index (χ0v) is 26.0. The van der Waals surface area contributed by atoms with Gasteiger partial charge in [-0.3, -0.25) is 19.3 Å². The number of ether oxygens (including phenoxy) is 2. The molecule has 1 aliphatic heterocycles. The van der Waals surface area contributed by atoms with Crippen LogP contribution >= 0.6 is 72.9 Å². The van der Waals surface area contributed by atoms with E-state index in [0.29, 0.717) is 18.0 Å². The molecule has 0 spiro atoms. The third kappa shape index (κ3) is 7.27. The van der Waals surface area contributed by atoms with Crippen molar-refractivity contribution in [2.45, 2.75) is 6.61 Å². The molecule has 1 heterocycles. The Morgan fingerprint density at radius 3 is 2.32 bits per heavy atom. The van der Waals surface area contributed by atoms with Gasteiger partial charge in [-0.15, -0.1) is 0 Å². The largest absolute Gasteiger partial charge is 0.497 e. The molecular weight excluding hydrogens is 786 g/mol. The highest BCUT2D eigenvalue weighted by Crippen LogP contribution is 2.35. The van der Waals surface area contributed by atoms with Crippen LogP contribution in [0.5, 0.6) is 11.5 Å². The SMILES string of the molecule is COc1ccc(NC(=O)CN2C(=O)S/C(=C/c3cc(I)c(OCc4ccc(Br)cc4)c(I)c3)C2=O)cc1. The first-order valence-electron chi connectivity index (χ1n) is 10.8. The topological polar surface area (TPSA) is 84.9 Å². The standard InChI is InChI=1S/C26H19BrI2N2O5S/c1-35-19-8-6-18(7-9-19)30-23(32)13-31-25(33)22(37-26(31)34)12-16-10-20(28)24(21(29)11-16)36-14-15-2-4-17(27)5-3-15/h2-12H,13-14H2,1H3,(H,30,32)/b22-12+. The normalized spacial score (nSPS) is 14.3. The summed E-state index contributed by atoms with van der Waals surface area (Å²) in [6, 6.07) is 18.5. The monoisotopic (exact) mass is 804 g/mol. The Balaban J connectivity index is 1.41. The van der Waals surface area contributed by atoms with Crippen LogP contribution in [0.2, 0.25) is 0 Å². The number of methoxy groups -OCH3 is 1. The fraction of sp³-hybridized carbons (Fsp3) is 0.115. The minimum atomic E-state index is -0.500. The smallest absolute Gasteiger partial charge is 0.294 e. The van der Waals surface area contributed by atoms with E-state index in [0.717, 1.165) is 45.2 Å². The number of imide groups is 1. The second-order valence-electron chi connectivity index (χ2n) is 7.77. The zero-order valence-electron chi connectivity index (χ0n) is 19.3. The number of nitrogens with one attached hydrogen (secondary N) is 1. The van der Waals surface area contributed by atoms with Crippen LogP contribution in [-0.2, 0) is 16.2 Å². The first-order valence-corrected chi connectivity index (χ1v) is 14.6. The molecule has 1 N–H and O–H groups in total. The number of carbonyl (C=O) groups is 3. The quantitative estimate of drug-likeness (QED) is 0.197. The lowest BCUT2D eigenvalue weighted by Crippen LogP contribution is -2.36. The Bertz CT molecular complexity index is 1360. The lowest BCUT2D eigenvalue weighted by molar-refractivity contribution is -0.127. The fourth-order valence-corrected chi connectivity index (χ4v) is 6.57. The second kappa shape index (κ2) is 12.6. The molecule has 0 atom stereocenters. The number of benzene rings is 3. The molecule has 37 heavy (non-hydrogen) atoms. The van der Waals surface area contributed by atoms with Gasteiger partial charge in [0.15, 0.2) is 0 Å². The molecule has 3 aromatic rings. The van der Waals surface area contributed by atoms with Crippen LogP contribution in [0.25, 0.3) is 6.08 Å². The number of nitrogens with zero attached hydrogens (tertiary/aromatic N) is 1.